The molecule has 0 unspecified atom stereocenters. The first-order valence-electron chi connectivity index (χ1n) is 15.4. The molecule has 9 aromatic rings. The van der Waals surface area contributed by atoms with Gasteiger partial charge in [0, 0.05) is 44.0 Å². The van der Waals surface area contributed by atoms with Crippen LogP contribution < -0.4 is 16.2 Å². The topological polar surface area (TPSA) is 30.1 Å². The van der Waals surface area contributed by atoms with Crippen LogP contribution in [-0.2, 0) is 0 Å². The van der Waals surface area contributed by atoms with E-state index in [2.05, 4.69) is 151 Å². The van der Waals surface area contributed by atoms with Gasteiger partial charge in [0.25, 0.3) is 0 Å². The predicted molar refractivity (Wildman–Crippen MR) is 190 cm³/mol. The number of furan rings is 1. The molecule has 0 fully saturated rings. The van der Waals surface area contributed by atoms with Gasteiger partial charge in [0.15, 0.2) is 7.28 Å². The van der Waals surface area contributed by atoms with Crippen LogP contribution in [0.4, 0.5) is 11.4 Å². The number of para-hydroxylation sites is 4. The summed E-state index contributed by atoms with van der Waals surface area (Å²) in [4.78, 5) is 0. The van der Waals surface area contributed by atoms with Crippen LogP contribution in [0.2, 0.25) is 0 Å². The smallest absolute Gasteiger partial charge is 0.197 e. The van der Waals surface area contributed by atoms with Crippen molar-refractivity contribution in [1.29, 1.82) is 0 Å². The Morgan fingerprint density at radius 1 is 0.622 bits per heavy atom. The molecule has 1 radical (unpaired) electrons. The van der Waals surface area contributed by atoms with Gasteiger partial charge in [0.2, 0.25) is 0 Å². The second-order valence-electron chi connectivity index (χ2n) is 12.0. The Morgan fingerprint density at radius 2 is 1.38 bits per heavy atom. The number of aryl methyl sites for hydroxylation is 1. The molecular weight excluding hydrogens is 547 g/mol. The maximum absolute atomic E-state index is 6.41. The first kappa shape index (κ1) is 24.7. The zero-order chi connectivity index (χ0) is 29.6. The molecule has 4 heteroatoms. The van der Waals surface area contributed by atoms with Gasteiger partial charge in [0.05, 0.1) is 16.6 Å². The lowest BCUT2D eigenvalue weighted by Crippen LogP contribution is -2.37. The number of nitrogens with zero attached hydrogens (tertiary/aromatic N) is 1. The molecule has 1 aliphatic heterocycles. The lowest BCUT2D eigenvalue weighted by Gasteiger charge is -2.26. The van der Waals surface area contributed by atoms with Crippen molar-refractivity contribution in [3.8, 4) is 16.8 Å². The van der Waals surface area contributed by atoms with E-state index in [0.29, 0.717) is 0 Å². The van der Waals surface area contributed by atoms with Crippen LogP contribution in [0, 0.1) is 6.92 Å². The largest absolute Gasteiger partial charge is 0.456 e. The quantitative estimate of drug-likeness (QED) is 0.213. The molecule has 2 aromatic heterocycles. The first-order chi connectivity index (χ1) is 22.2. The molecule has 7 aromatic carbocycles. The summed E-state index contributed by atoms with van der Waals surface area (Å²) >= 11 is 0. The van der Waals surface area contributed by atoms with Crippen molar-refractivity contribution in [2.75, 3.05) is 5.32 Å². The van der Waals surface area contributed by atoms with Gasteiger partial charge in [0.1, 0.15) is 11.2 Å². The zero-order valence-corrected chi connectivity index (χ0v) is 24.6. The van der Waals surface area contributed by atoms with Crippen LogP contribution >= 0.6 is 0 Å². The third-order valence-corrected chi connectivity index (χ3v) is 9.55. The standard InChI is InChI=1S/C41H26BN2O/c1-24-11-2-7-18-33(24)43-39-28(21-22-36-37(39)30-15-6-9-20-35(30)45-36)31-23-25-12-3-4-13-26(25)41-38(31)42-32-17-10-16-29-27-14-5-8-19-34(27)44(41)40(29)32/h2-23,43H,1H3. The molecule has 0 spiro atoms. The monoisotopic (exact) mass is 573 g/mol. The maximum atomic E-state index is 6.41. The van der Waals surface area contributed by atoms with Crippen molar-refractivity contribution in [2.45, 2.75) is 6.92 Å². The predicted octanol–water partition coefficient (Wildman–Crippen LogP) is 9.52. The fourth-order valence-corrected chi connectivity index (χ4v) is 7.52. The fourth-order valence-electron chi connectivity index (χ4n) is 7.52. The highest BCUT2D eigenvalue weighted by molar-refractivity contribution is 6.74. The van der Waals surface area contributed by atoms with Crippen molar-refractivity contribution >= 4 is 84.1 Å². The number of rotatable bonds is 3. The Kier molecular flexibility index (Phi) is 5.01. The van der Waals surface area contributed by atoms with E-state index in [1.807, 2.05) is 6.07 Å². The van der Waals surface area contributed by atoms with Gasteiger partial charge < -0.3 is 14.3 Å². The minimum Gasteiger partial charge on any atom is -0.456 e. The van der Waals surface area contributed by atoms with Crippen LogP contribution in [0.1, 0.15) is 5.56 Å². The molecule has 0 atom stereocenters. The minimum absolute atomic E-state index is 0.873. The normalized spacial score (nSPS) is 12.3. The van der Waals surface area contributed by atoms with Gasteiger partial charge in [-0.15, -0.1) is 0 Å². The molecule has 3 nitrogen and oxygen atoms in total. The van der Waals surface area contributed by atoms with Crippen molar-refractivity contribution in [2.24, 2.45) is 0 Å². The van der Waals surface area contributed by atoms with Crippen LogP contribution in [-0.4, -0.2) is 11.8 Å². The van der Waals surface area contributed by atoms with E-state index in [1.54, 1.807) is 0 Å². The van der Waals surface area contributed by atoms with Gasteiger partial charge in [-0.05, 0) is 65.3 Å². The van der Waals surface area contributed by atoms with E-state index < -0.39 is 0 Å². The summed E-state index contributed by atoms with van der Waals surface area (Å²) in [5.41, 5.74) is 13.6. The number of aromatic nitrogens is 1. The molecule has 0 amide bonds. The highest BCUT2D eigenvalue weighted by atomic mass is 16.3. The third-order valence-electron chi connectivity index (χ3n) is 9.55. The first-order valence-corrected chi connectivity index (χ1v) is 15.4. The zero-order valence-electron chi connectivity index (χ0n) is 24.6. The van der Waals surface area contributed by atoms with Gasteiger partial charge in [-0.3, -0.25) is 0 Å². The lowest BCUT2D eigenvalue weighted by atomic mass is 9.58. The molecule has 0 aliphatic carbocycles. The van der Waals surface area contributed by atoms with E-state index >= 15 is 0 Å². The number of fused-ring (bicyclic) bond motifs is 10. The van der Waals surface area contributed by atoms with Crippen molar-refractivity contribution in [1.82, 2.24) is 4.57 Å². The molecule has 10 rings (SSSR count). The Hall–Kier alpha value is -5.74. The van der Waals surface area contributed by atoms with E-state index in [9.17, 15) is 0 Å². The number of hydrogen-bond acceptors (Lipinski definition) is 2. The second kappa shape index (κ2) is 9.14. The third kappa shape index (κ3) is 3.42. The maximum Gasteiger partial charge on any atom is 0.197 e. The number of hydrogen-bond donors (Lipinski definition) is 1. The molecule has 1 N–H and O–H groups in total. The molecule has 45 heavy (non-hydrogen) atoms. The summed E-state index contributed by atoms with van der Waals surface area (Å²) in [6.45, 7) is 2.15. The fraction of sp³-hybridized carbons (Fsp3) is 0.0244. The van der Waals surface area contributed by atoms with Crippen LogP contribution in [0.15, 0.2) is 138 Å². The summed E-state index contributed by atoms with van der Waals surface area (Å²) < 4.78 is 8.91. The van der Waals surface area contributed by atoms with E-state index in [-0.39, 0.29) is 0 Å². The number of anilines is 2. The molecule has 3 heterocycles. The van der Waals surface area contributed by atoms with Gasteiger partial charge in [-0.25, -0.2) is 0 Å². The van der Waals surface area contributed by atoms with Crippen LogP contribution in [0.3, 0.4) is 0 Å². The van der Waals surface area contributed by atoms with Crippen molar-refractivity contribution in [3.05, 3.63) is 139 Å². The van der Waals surface area contributed by atoms with Gasteiger partial charge >= 0.3 is 0 Å². The summed E-state index contributed by atoms with van der Waals surface area (Å²) in [6, 6.07) is 47.8. The Bertz CT molecular complexity index is 2680. The number of benzene rings is 7. The highest BCUT2D eigenvalue weighted by Gasteiger charge is 2.28. The molecular formula is C41H26BN2O. The van der Waals surface area contributed by atoms with Crippen molar-refractivity contribution < 1.29 is 4.42 Å². The second-order valence-corrected chi connectivity index (χ2v) is 12.0. The molecule has 0 saturated heterocycles. The molecule has 0 bridgehead atoms. The van der Waals surface area contributed by atoms with E-state index in [4.69, 9.17) is 4.42 Å². The van der Waals surface area contributed by atoms with Gasteiger partial charge in [-0.1, -0.05) is 103 Å². The Balaban J connectivity index is 1.36. The number of nitrogens with one attached hydrogen (secondary N) is 1. The lowest BCUT2D eigenvalue weighted by molar-refractivity contribution is 0.669. The summed E-state index contributed by atoms with van der Waals surface area (Å²) in [5, 5.41) is 11.1. The molecule has 209 valence electrons. The van der Waals surface area contributed by atoms with E-state index in [1.165, 1.54) is 60.3 Å². The van der Waals surface area contributed by atoms with Crippen LogP contribution in [0.5, 0.6) is 0 Å². The average molecular weight is 573 g/mol. The summed E-state index contributed by atoms with van der Waals surface area (Å²) in [5.74, 6) is 0. The summed E-state index contributed by atoms with van der Waals surface area (Å²) in [6.07, 6.45) is 0. The Labute approximate surface area is 260 Å². The minimum atomic E-state index is 0.873. The summed E-state index contributed by atoms with van der Waals surface area (Å²) in [7, 11) is 2.40. The van der Waals surface area contributed by atoms with Crippen LogP contribution in [0.25, 0.3) is 71.3 Å². The van der Waals surface area contributed by atoms with E-state index in [0.717, 1.165) is 38.9 Å². The molecule has 0 saturated carbocycles. The molecule has 1 aliphatic rings. The SMILES string of the molecule is Cc1ccccc1Nc1c(-c2cc3ccccc3c3c2[B]c2cccc4c5ccccc5n-3c24)ccc2oc3ccccc3c12. The highest BCUT2D eigenvalue weighted by Crippen LogP contribution is 2.44. The Morgan fingerprint density at radius 3 is 2.29 bits per heavy atom. The van der Waals surface area contributed by atoms with Crippen molar-refractivity contribution in [3.63, 3.8) is 0 Å². The average Bonchev–Trinajstić information content (AvgIpc) is 3.63. The van der Waals surface area contributed by atoms with Gasteiger partial charge in [-0.2, -0.15) is 0 Å².